The lowest BCUT2D eigenvalue weighted by Gasteiger charge is -2.22. The second-order valence-electron chi connectivity index (χ2n) is 8.36. The Bertz CT molecular complexity index is 1140. The highest BCUT2D eigenvalue weighted by Gasteiger charge is 2.49. The fraction of sp³-hybridized carbons (Fsp3) is 0.320. The van der Waals surface area contributed by atoms with E-state index in [-0.39, 0.29) is 37.1 Å². The van der Waals surface area contributed by atoms with Crippen LogP contribution in [0.4, 0.5) is 0 Å². The van der Waals surface area contributed by atoms with Crippen LogP contribution >= 0.6 is 0 Å². The molecule has 1 aromatic heterocycles. The van der Waals surface area contributed by atoms with Crippen molar-refractivity contribution >= 4 is 28.6 Å². The molecule has 1 aliphatic heterocycles. The highest BCUT2D eigenvalue weighted by molar-refractivity contribution is 6.09. The summed E-state index contributed by atoms with van der Waals surface area (Å²) in [5.74, 6) is -0.610. The van der Waals surface area contributed by atoms with Crippen molar-refractivity contribution in [2.24, 2.45) is 7.05 Å². The molecule has 31 heavy (non-hydrogen) atoms. The average molecular weight is 418 g/mol. The van der Waals surface area contributed by atoms with Crippen molar-refractivity contribution in [3.8, 4) is 0 Å². The molecular weight excluding hydrogens is 390 g/mol. The minimum Gasteiger partial charge on any atom is -0.356 e. The lowest BCUT2D eigenvalue weighted by Crippen LogP contribution is -2.39. The summed E-state index contributed by atoms with van der Waals surface area (Å²) in [6.07, 6.45) is 3.06. The molecule has 1 unspecified atom stereocenters. The molecule has 1 saturated heterocycles. The number of rotatable bonds is 7. The van der Waals surface area contributed by atoms with Crippen LogP contribution in [0.3, 0.4) is 0 Å². The predicted molar refractivity (Wildman–Crippen MR) is 119 cm³/mol. The molecule has 1 fully saturated rings. The largest absolute Gasteiger partial charge is 0.356 e. The van der Waals surface area contributed by atoms with Crippen molar-refractivity contribution in [2.45, 2.75) is 31.6 Å². The van der Waals surface area contributed by atoms with Gasteiger partial charge in [0.2, 0.25) is 17.7 Å². The lowest BCUT2D eigenvalue weighted by atomic mass is 9.81. The van der Waals surface area contributed by atoms with E-state index in [2.05, 4.69) is 28.2 Å². The van der Waals surface area contributed by atoms with E-state index in [0.717, 1.165) is 17.5 Å². The van der Waals surface area contributed by atoms with Crippen molar-refractivity contribution in [1.82, 2.24) is 14.8 Å². The Hall–Kier alpha value is -3.41. The number of hydrogen-bond acceptors (Lipinski definition) is 3. The fourth-order valence-electron chi connectivity index (χ4n) is 4.41. The monoisotopic (exact) mass is 417 g/mol. The molecule has 1 N–H and O–H groups in total. The lowest BCUT2D eigenvalue weighted by molar-refractivity contribution is -0.140. The second kappa shape index (κ2) is 8.38. The number of fused-ring (bicyclic) bond motifs is 1. The maximum Gasteiger partial charge on any atom is 0.240 e. The molecular formula is C25H27N3O3. The van der Waals surface area contributed by atoms with Crippen LogP contribution in [-0.4, -0.2) is 40.3 Å². The first kappa shape index (κ1) is 20.8. The SMILES string of the molecule is Cn1cc(CCNC(=O)CCN2C(=O)CC(C)(c3ccccc3)C2=O)c2ccccc21. The van der Waals surface area contributed by atoms with Gasteiger partial charge in [-0.3, -0.25) is 19.3 Å². The van der Waals surface area contributed by atoms with Crippen molar-refractivity contribution in [1.29, 1.82) is 0 Å². The third kappa shape index (κ3) is 3.98. The molecule has 4 rings (SSSR count). The number of hydrogen-bond donors (Lipinski definition) is 1. The van der Waals surface area contributed by atoms with E-state index in [1.807, 2.05) is 49.5 Å². The predicted octanol–water partition coefficient (Wildman–Crippen LogP) is 2.94. The zero-order valence-corrected chi connectivity index (χ0v) is 17.9. The Balaban J connectivity index is 1.31. The Morgan fingerprint density at radius 3 is 2.55 bits per heavy atom. The zero-order valence-electron chi connectivity index (χ0n) is 17.9. The number of benzene rings is 2. The van der Waals surface area contributed by atoms with E-state index in [1.54, 1.807) is 6.92 Å². The molecule has 0 bridgehead atoms. The Morgan fingerprint density at radius 1 is 1.06 bits per heavy atom. The summed E-state index contributed by atoms with van der Waals surface area (Å²) in [5, 5.41) is 4.10. The number of aromatic nitrogens is 1. The van der Waals surface area contributed by atoms with E-state index in [1.165, 1.54) is 15.8 Å². The molecule has 2 aromatic carbocycles. The van der Waals surface area contributed by atoms with Gasteiger partial charge in [0.25, 0.3) is 0 Å². The first-order valence-electron chi connectivity index (χ1n) is 10.6. The third-order valence-electron chi connectivity index (χ3n) is 6.19. The van der Waals surface area contributed by atoms with Gasteiger partial charge in [-0.2, -0.15) is 0 Å². The Labute approximate surface area is 181 Å². The molecule has 0 radical (unpaired) electrons. The van der Waals surface area contributed by atoms with Gasteiger partial charge in [-0.1, -0.05) is 48.5 Å². The molecule has 3 aromatic rings. The van der Waals surface area contributed by atoms with Crippen LogP contribution in [0.2, 0.25) is 0 Å². The van der Waals surface area contributed by atoms with E-state index in [4.69, 9.17) is 0 Å². The highest BCUT2D eigenvalue weighted by Crippen LogP contribution is 2.36. The molecule has 0 aliphatic carbocycles. The number of imide groups is 1. The average Bonchev–Trinajstić information content (AvgIpc) is 3.21. The fourth-order valence-corrected chi connectivity index (χ4v) is 4.41. The maximum absolute atomic E-state index is 12.9. The minimum atomic E-state index is -0.858. The van der Waals surface area contributed by atoms with Crippen LogP contribution in [0.5, 0.6) is 0 Å². The Morgan fingerprint density at radius 2 is 1.77 bits per heavy atom. The van der Waals surface area contributed by atoms with E-state index >= 15 is 0 Å². The summed E-state index contributed by atoms with van der Waals surface area (Å²) < 4.78 is 2.08. The molecule has 1 aliphatic rings. The van der Waals surface area contributed by atoms with Crippen LogP contribution in [0, 0.1) is 0 Å². The smallest absolute Gasteiger partial charge is 0.240 e. The van der Waals surface area contributed by atoms with Crippen LogP contribution in [0.1, 0.15) is 30.9 Å². The minimum absolute atomic E-state index is 0.109. The van der Waals surface area contributed by atoms with Gasteiger partial charge in [-0.25, -0.2) is 0 Å². The molecule has 6 heteroatoms. The summed E-state index contributed by atoms with van der Waals surface area (Å²) in [7, 11) is 2.01. The number of aryl methyl sites for hydroxylation is 1. The number of para-hydroxylation sites is 1. The van der Waals surface area contributed by atoms with Crippen LogP contribution in [0.15, 0.2) is 60.8 Å². The molecule has 0 saturated carbocycles. The zero-order chi connectivity index (χ0) is 22.0. The van der Waals surface area contributed by atoms with Crippen molar-refractivity contribution in [3.63, 3.8) is 0 Å². The van der Waals surface area contributed by atoms with Gasteiger partial charge in [0, 0.05) is 50.1 Å². The quantitative estimate of drug-likeness (QED) is 0.601. The summed E-state index contributed by atoms with van der Waals surface area (Å²) >= 11 is 0. The molecule has 0 spiro atoms. The summed E-state index contributed by atoms with van der Waals surface area (Å²) in [4.78, 5) is 39.0. The molecule has 1 atom stereocenters. The van der Waals surface area contributed by atoms with Gasteiger partial charge in [0.15, 0.2) is 0 Å². The van der Waals surface area contributed by atoms with E-state index < -0.39 is 5.41 Å². The second-order valence-corrected chi connectivity index (χ2v) is 8.36. The van der Waals surface area contributed by atoms with Gasteiger partial charge in [0.1, 0.15) is 0 Å². The van der Waals surface area contributed by atoms with Crippen LogP contribution in [0.25, 0.3) is 10.9 Å². The number of carbonyl (C=O) groups is 3. The number of likely N-dealkylation sites (tertiary alicyclic amines) is 1. The molecule has 6 nitrogen and oxygen atoms in total. The van der Waals surface area contributed by atoms with Crippen molar-refractivity contribution in [2.75, 3.05) is 13.1 Å². The van der Waals surface area contributed by atoms with Gasteiger partial charge in [-0.15, -0.1) is 0 Å². The standard InChI is InChI=1S/C25H27N3O3/c1-25(19-8-4-3-5-9-19)16-23(30)28(24(25)31)15-13-22(29)26-14-12-18-17-27(2)21-11-7-6-10-20(18)21/h3-11,17H,12-16H2,1-2H3,(H,26,29). The van der Waals surface area contributed by atoms with Gasteiger partial charge >= 0.3 is 0 Å². The third-order valence-corrected chi connectivity index (χ3v) is 6.19. The highest BCUT2D eigenvalue weighted by atomic mass is 16.2. The number of nitrogens with one attached hydrogen (secondary N) is 1. The summed E-state index contributed by atoms with van der Waals surface area (Å²) in [6.45, 7) is 2.42. The van der Waals surface area contributed by atoms with E-state index in [9.17, 15) is 14.4 Å². The Kier molecular flexibility index (Phi) is 5.63. The number of amides is 3. The summed E-state index contributed by atoms with van der Waals surface area (Å²) in [6, 6.07) is 17.5. The van der Waals surface area contributed by atoms with Crippen LogP contribution < -0.4 is 5.32 Å². The van der Waals surface area contributed by atoms with E-state index in [0.29, 0.717) is 6.54 Å². The number of nitrogens with zero attached hydrogens (tertiary/aromatic N) is 2. The van der Waals surface area contributed by atoms with Crippen molar-refractivity contribution in [3.05, 3.63) is 71.9 Å². The maximum atomic E-state index is 12.9. The molecule has 3 amide bonds. The van der Waals surface area contributed by atoms with Crippen LogP contribution in [-0.2, 0) is 33.3 Å². The molecule has 160 valence electrons. The first-order valence-corrected chi connectivity index (χ1v) is 10.6. The van der Waals surface area contributed by atoms with Crippen molar-refractivity contribution < 1.29 is 14.4 Å². The normalized spacial score (nSPS) is 18.7. The summed E-state index contributed by atoms with van der Waals surface area (Å²) in [5.41, 5.74) is 2.32. The van der Waals surface area contributed by atoms with Gasteiger partial charge in [-0.05, 0) is 30.5 Å². The van der Waals surface area contributed by atoms with Gasteiger partial charge < -0.3 is 9.88 Å². The first-order chi connectivity index (χ1) is 14.9. The van der Waals surface area contributed by atoms with Gasteiger partial charge in [0.05, 0.1) is 5.41 Å². The molecule has 2 heterocycles. The number of carbonyl (C=O) groups excluding carboxylic acids is 3. The topological polar surface area (TPSA) is 71.4 Å².